The number of cyclic esters (lactones) is 3. The van der Waals surface area contributed by atoms with Gasteiger partial charge in [0.2, 0.25) is 0 Å². The highest BCUT2D eigenvalue weighted by Crippen LogP contribution is 2.12. The first kappa shape index (κ1) is 26.3. The van der Waals surface area contributed by atoms with Gasteiger partial charge in [0, 0.05) is 39.1 Å². The lowest BCUT2D eigenvalue weighted by molar-refractivity contribution is -0.154. The van der Waals surface area contributed by atoms with E-state index in [1.807, 2.05) is 20.8 Å². The summed E-state index contributed by atoms with van der Waals surface area (Å²) in [5, 5.41) is 0. The van der Waals surface area contributed by atoms with Gasteiger partial charge in [-0.05, 0) is 20.8 Å². The molecule has 174 valence electrons. The summed E-state index contributed by atoms with van der Waals surface area (Å²) in [4.78, 5) is 31.9. The van der Waals surface area contributed by atoms with Gasteiger partial charge in [-0.3, -0.25) is 14.4 Å². The summed E-state index contributed by atoms with van der Waals surface area (Å²) in [6, 6.07) is 0. The molecular weight excluding hydrogens is 396 g/mol. The number of ether oxygens (including phenoxy) is 6. The van der Waals surface area contributed by atoms with E-state index in [0.29, 0.717) is 58.9 Å². The van der Waals surface area contributed by atoms with Crippen molar-refractivity contribution in [3.05, 3.63) is 0 Å². The second kappa shape index (κ2) is 16.0. The maximum absolute atomic E-state index is 10.6. The van der Waals surface area contributed by atoms with E-state index < -0.39 is 0 Å². The van der Waals surface area contributed by atoms with Crippen molar-refractivity contribution in [3.8, 4) is 0 Å². The number of hydrogen-bond acceptors (Lipinski definition) is 9. The molecule has 9 heteroatoms. The van der Waals surface area contributed by atoms with Gasteiger partial charge in [-0.1, -0.05) is 0 Å². The normalized spacial score (nSPS) is 26.1. The maximum Gasteiger partial charge on any atom is 0.308 e. The zero-order valence-corrected chi connectivity index (χ0v) is 18.4. The van der Waals surface area contributed by atoms with E-state index in [1.165, 1.54) is 0 Å². The molecule has 3 unspecified atom stereocenters. The molecule has 0 aliphatic carbocycles. The van der Waals surface area contributed by atoms with Crippen LogP contribution in [0.1, 0.15) is 59.3 Å². The first-order chi connectivity index (χ1) is 14.5. The highest BCUT2D eigenvalue weighted by molar-refractivity contribution is 5.71. The molecule has 0 N–H and O–H groups in total. The predicted molar refractivity (Wildman–Crippen MR) is 107 cm³/mol. The van der Waals surface area contributed by atoms with Crippen LogP contribution in [0.5, 0.6) is 0 Å². The van der Waals surface area contributed by atoms with Crippen molar-refractivity contribution < 1.29 is 42.8 Å². The number of rotatable bonds is 6. The third-order valence-corrected chi connectivity index (χ3v) is 4.50. The van der Waals surface area contributed by atoms with Crippen molar-refractivity contribution in [2.45, 2.75) is 77.6 Å². The predicted octanol–water partition coefficient (Wildman–Crippen LogP) is 2.19. The van der Waals surface area contributed by atoms with E-state index in [4.69, 9.17) is 28.4 Å². The molecular formula is C21H36O9. The number of carbonyl (C=O) groups excluding carboxylic acids is 3. The molecule has 30 heavy (non-hydrogen) atoms. The summed E-state index contributed by atoms with van der Waals surface area (Å²) < 4.78 is 30.0. The Kier molecular flexibility index (Phi) is 14.1. The molecule has 0 aromatic rings. The van der Waals surface area contributed by atoms with Crippen LogP contribution in [0.2, 0.25) is 0 Å². The highest BCUT2D eigenvalue weighted by atomic mass is 16.6. The highest BCUT2D eigenvalue weighted by Gasteiger charge is 2.21. The molecule has 0 amide bonds. The third kappa shape index (κ3) is 12.1. The van der Waals surface area contributed by atoms with Crippen LogP contribution in [0, 0.1) is 0 Å². The lowest BCUT2D eigenvalue weighted by Crippen LogP contribution is -2.27. The van der Waals surface area contributed by atoms with Gasteiger partial charge in [-0.25, -0.2) is 0 Å². The molecule has 9 nitrogen and oxygen atoms in total. The lowest BCUT2D eigenvalue weighted by atomic mass is 10.1. The Morgan fingerprint density at radius 3 is 1.07 bits per heavy atom. The quantitative estimate of drug-likeness (QED) is 0.461. The van der Waals surface area contributed by atoms with Crippen LogP contribution in [0.25, 0.3) is 0 Å². The van der Waals surface area contributed by atoms with Gasteiger partial charge >= 0.3 is 17.9 Å². The second-order valence-corrected chi connectivity index (χ2v) is 6.87. The van der Waals surface area contributed by atoms with Crippen molar-refractivity contribution in [1.82, 2.24) is 0 Å². The molecule has 3 heterocycles. The number of hydrogen-bond donors (Lipinski definition) is 0. The van der Waals surface area contributed by atoms with Crippen molar-refractivity contribution in [1.29, 1.82) is 0 Å². The zero-order valence-electron chi connectivity index (χ0n) is 18.4. The molecule has 0 spiro atoms. The molecule has 3 saturated heterocycles. The maximum atomic E-state index is 10.6. The largest absolute Gasteiger partial charge is 0.465 e. The fraction of sp³-hybridized carbons (Fsp3) is 0.857. The third-order valence-electron chi connectivity index (χ3n) is 4.50. The Morgan fingerprint density at radius 2 is 0.867 bits per heavy atom. The molecule has 0 aromatic carbocycles. The Hall–Kier alpha value is -1.71. The first-order valence-electron chi connectivity index (χ1n) is 10.8. The fourth-order valence-electron chi connectivity index (χ4n) is 3.09. The molecule has 3 fully saturated rings. The molecule has 0 aromatic heterocycles. The van der Waals surface area contributed by atoms with Crippen molar-refractivity contribution in [2.75, 3.05) is 39.6 Å². The molecule has 3 aliphatic heterocycles. The van der Waals surface area contributed by atoms with Crippen LogP contribution >= 0.6 is 0 Å². The lowest BCUT2D eigenvalue weighted by Gasteiger charge is -2.20. The topological polar surface area (TPSA) is 107 Å². The Bertz CT molecular complexity index is 431. The van der Waals surface area contributed by atoms with E-state index >= 15 is 0 Å². The number of carbonyl (C=O) groups is 3. The Labute approximate surface area is 178 Å². The van der Waals surface area contributed by atoms with Crippen LogP contribution in [-0.4, -0.2) is 75.9 Å². The minimum Gasteiger partial charge on any atom is -0.465 e. The molecule has 0 bridgehead atoms. The van der Waals surface area contributed by atoms with Gasteiger partial charge < -0.3 is 28.4 Å². The van der Waals surface area contributed by atoms with E-state index in [9.17, 15) is 14.4 Å². The summed E-state index contributed by atoms with van der Waals surface area (Å²) in [7, 11) is 0. The fourth-order valence-corrected chi connectivity index (χ4v) is 3.09. The summed E-state index contributed by atoms with van der Waals surface area (Å²) in [5.41, 5.74) is 0. The Morgan fingerprint density at radius 1 is 0.600 bits per heavy atom. The van der Waals surface area contributed by atoms with Crippen LogP contribution in [0.3, 0.4) is 0 Å². The minimum atomic E-state index is -0.135. The molecule has 3 aliphatic rings. The standard InChI is InChI=1S/3C7H12O3/c3*1-2-9-6-3-4-10-7(8)5-6/h3*6H,2-5H2,1H3. The van der Waals surface area contributed by atoms with Crippen LogP contribution in [0.4, 0.5) is 0 Å². The van der Waals surface area contributed by atoms with Crippen molar-refractivity contribution in [2.24, 2.45) is 0 Å². The molecule has 0 radical (unpaired) electrons. The van der Waals surface area contributed by atoms with Crippen LogP contribution in [-0.2, 0) is 42.8 Å². The number of esters is 3. The summed E-state index contributed by atoms with van der Waals surface area (Å²) in [6.45, 7) is 9.38. The summed E-state index contributed by atoms with van der Waals surface area (Å²) in [6.07, 6.45) is 4.12. The van der Waals surface area contributed by atoms with Gasteiger partial charge in [0.05, 0.1) is 57.4 Å². The SMILES string of the molecule is CCOC1CCOC(=O)C1.CCOC1CCOC(=O)C1.CCOC1CCOC(=O)C1. The van der Waals surface area contributed by atoms with E-state index in [2.05, 4.69) is 0 Å². The zero-order chi connectivity index (χ0) is 22.2. The summed E-state index contributed by atoms with van der Waals surface area (Å²) in [5.74, 6) is -0.404. The average Bonchev–Trinajstić information content (AvgIpc) is 2.70. The van der Waals surface area contributed by atoms with Crippen molar-refractivity contribution >= 4 is 17.9 Å². The summed E-state index contributed by atoms with van der Waals surface area (Å²) >= 11 is 0. The van der Waals surface area contributed by atoms with Gasteiger partial charge in [0.25, 0.3) is 0 Å². The molecule has 3 atom stereocenters. The van der Waals surface area contributed by atoms with Crippen LogP contribution < -0.4 is 0 Å². The van der Waals surface area contributed by atoms with Gasteiger partial charge in [0.1, 0.15) is 0 Å². The average molecular weight is 433 g/mol. The van der Waals surface area contributed by atoms with E-state index in [-0.39, 0.29) is 36.2 Å². The second-order valence-electron chi connectivity index (χ2n) is 6.87. The van der Waals surface area contributed by atoms with E-state index in [1.54, 1.807) is 0 Å². The van der Waals surface area contributed by atoms with Crippen LogP contribution in [0.15, 0.2) is 0 Å². The minimum absolute atomic E-state index is 0.103. The van der Waals surface area contributed by atoms with Crippen molar-refractivity contribution in [3.63, 3.8) is 0 Å². The Balaban J connectivity index is 0.000000225. The molecule has 3 rings (SSSR count). The first-order valence-corrected chi connectivity index (χ1v) is 10.8. The smallest absolute Gasteiger partial charge is 0.308 e. The molecule has 0 saturated carbocycles. The van der Waals surface area contributed by atoms with E-state index in [0.717, 1.165) is 19.3 Å². The van der Waals surface area contributed by atoms with Gasteiger partial charge in [-0.15, -0.1) is 0 Å². The monoisotopic (exact) mass is 432 g/mol. The van der Waals surface area contributed by atoms with Gasteiger partial charge in [-0.2, -0.15) is 0 Å². The van der Waals surface area contributed by atoms with Gasteiger partial charge in [0.15, 0.2) is 0 Å².